The van der Waals surface area contributed by atoms with Crippen LogP contribution in [0.3, 0.4) is 0 Å². The van der Waals surface area contributed by atoms with Crippen LogP contribution in [0.15, 0.2) is 29.2 Å². The Morgan fingerprint density at radius 2 is 1.93 bits per heavy atom. The maximum atomic E-state index is 11.5. The Morgan fingerprint density at radius 1 is 1.27 bits per heavy atom. The minimum absolute atomic E-state index is 0.0462. The molecule has 0 bridgehead atoms. The molecular formula is C12H16O2S. The smallest absolute Gasteiger partial charge is 0.188 e. The molecule has 1 aromatic rings. The van der Waals surface area contributed by atoms with E-state index >= 15 is 0 Å². The van der Waals surface area contributed by atoms with Crippen molar-refractivity contribution in [2.24, 2.45) is 0 Å². The van der Waals surface area contributed by atoms with Crippen molar-refractivity contribution in [1.29, 1.82) is 0 Å². The number of thioether (sulfide) groups is 1. The van der Waals surface area contributed by atoms with E-state index in [1.165, 1.54) is 4.90 Å². The number of carbonyl (C=O) groups excluding carboxylic acids is 1. The van der Waals surface area contributed by atoms with E-state index in [1.807, 2.05) is 31.2 Å². The fraction of sp³-hybridized carbons (Fsp3) is 0.417. The number of hydrogen-bond donors (Lipinski definition) is 0. The summed E-state index contributed by atoms with van der Waals surface area (Å²) in [6.45, 7) is 4.75. The van der Waals surface area contributed by atoms with Crippen LogP contribution in [0.1, 0.15) is 24.2 Å². The van der Waals surface area contributed by atoms with Gasteiger partial charge < -0.3 is 4.74 Å². The lowest BCUT2D eigenvalue weighted by Gasteiger charge is -2.02. The van der Waals surface area contributed by atoms with Gasteiger partial charge >= 0.3 is 0 Å². The maximum Gasteiger partial charge on any atom is 0.188 e. The average molecular weight is 224 g/mol. The van der Waals surface area contributed by atoms with Crippen LogP contribution in [-0.2, 0) is 4.74 Å². The molecule has 0 saturated carbocycles. The van der Waals surface area contributed by atoms with Crippen molar-refractivity contribution >= 4 is 17.5 Å². The van der Waals surface area contributed by atoms with Crippen LogP contribution in [0.4, 0.5) is 0 Å². The number of rotatable bonds is 6. The molecule has 0 amide bonds. The molecule has 1 rings (SSSR count). The number of hydrogen-bond acceptors (Lipinski definition) is 3. The standard InChI is InChI=1S/C12H16O2S/c1-3-14-9-12(13)10-5-7-11(8-6-10)15-4-2/h5-8H,3-4,9H2,1-2H3. The first-order chi connectivity index (χ1) is 7.27. The summed E-state index contributed by atoms with van der Waals surface area (Å²) in [4.78, 5) is 12.7. The summed E-state index contributed by atoms with van der Waals surface area (Å²) >= 11 is 1.77. The Hall–Kier alpha value is -0.800. The second-order valence-electron chi connectivity index (χ2n) is 3.02. The number of Topliss-reactive ketones (excluding diaryl/α,β-unsaturated/α-hetero) is 1. The van der Waals surface area contributed by atoms with Crippen molar-refractivity contribution < 1.29 is 9.53 Å². The topological polar surface area (TPSA) is 26.3 Å². The summed E-state index contributed by atoms with van der Waals surface area (Å²) in [5.74, 6) is 1.09. The molecule has 0 aliphatic heterocycles. The molecule has 0 aliphatic carbocycles. The second-order valence-corrected chi connectivity index (χ2v) is 4.36. The summed E-state index contributed by atoms with van der Waals surface area (Å²) in [7, 11) is 0. The Labute approximate surface area is 95.0 Å². The average Bonchev–Trinajstić information content (AvgIpc) is 2.27. The highest BCUT2D eigenvalue weighted by molar-refractivity contribution is 7.99. The number of ketones is 1. The van der Waals surface area contributed by atoms with Gasteiger partial charge in [0.2, 0.25) is 0 Å². The van der Waals surface area contributed by atoms with Crippen LogP contribution in [-0.4, -0.2) is 24.7 Å². The van der Waals surface area contributed by atoms with Crippen LogP contribution in [0, 0.1) is 0 Å². The third kappa shape index (κ3) is 4.06. The third-order valence-corrected chi connectivity index (χ3v) is 2.82. The molecule has 0 atom stereocenters. The summed E-state index contributed by atoms with van der Waals surface area (Å²) in [6, 6.07) is 7.68. The number of ether oxygens (including phenoxy) is 1. The molecular weight excluding hydrogens is 208 g/mol. The Balaban J connectivity index is 2.58. The van der Waals surface area contributed by atoms with Gasteiger partial charge in [0.25, 0.3) is 0 Å². The van der Waals surface area contributed by atoms with Gasteiger partial charge in [0.05, 0.1) is 0 Å². The Morgan fingerprint density at radius 3 is 2.47 bits per heavy atom. The van der Waals surface area contributed by atoms with Gasteiger partial charge in [-0.15, -0.1) is 11.8 Å². The molecule has 0 aromatic heterocycles. The van der Waals surface area contributed by atoms with E-state index in [0.29, 0.717) is 6.61 Å². The first-order valence-corrected chi connectivity index (χ1v) is 6.10. The van der Waals surface area contributed by atoms with E-state index in [-0.39, 0.29) is 12.4 Å². The summed E-state index contributed by atoms with van der Waals surface area (Å²) in [6.07, 6.45) is 0. The fourth-order valence-electron chi connectivity index (χ4n) is 1.18. The van der Waals surface area contributed by atoms with Gasteiger partial charge in [-0.05, 0) is 24.8 Å². The summed E-state index contributed by atoms with van der Waals surface area (Å²) in [5, 5.41) is 0. The lowest BCUT2D eigenvalue weighted by molar-refractivity contribution is 0.0783. The number of carbonyl (C=O) groups is 1. The molecule has 0 unspecified atom stereocenters. The van der Waals surface area contributed by atoms with Crippen LogP contribution in [0.2, 0.25) is 0 Å². The normalized spacial score (nSPS) is 10.3. The van der Waals surface area contributed by atoms with E-state index < -0.39 is 0 Å². The maximum absolute atomic E-state index is 11.5. The molecule has 2 nitrogen and oxygen atoms in total. The van der Waals surface area contributed by atoms with Crippen molar-refractivity contribution in [1.82, 2.24) is 0 Å². The van der Waals surface area contributed by atoms with Crippen molar-refractivity contribution in [3.63, 3.8) is 0 Å². The van der Waals surface area contributed by atoms with Crippen LogP contribution < -0.4 is 0 Å². The second kappa shape index (κ2) is 6.64. The Bertz CT molecular complexity index is 306. The van der Waals surface area contributed by atoms with Gasteiger partial charge in [-0.2, -0.15) is 0 Å². The molecule has 3 heteroatoms. The molecule has 0 spiro atoms. The molecule has 0 N–H and O–H groups in total. The quantitative estimate of drug-likeness (QED) is 0.549. The molecule has 15 heavy (non-hydrogen) atoms. The minimum Gasteiger partial charge on any atom is -0.374 e. The summed E-state index contributed by atoms with van der Waals surface area (Å²) < 4.78 is 5.07. The molecule has 0 radical (unpaired) electrons. The molecule has 0 heterocycles. The fourth-order valence-corrected chi connectivity index (χ4v) is 1.84. The van der Waals surface area contributed by atoms with E-state index in [0.717, 1.165) is 11.3 Å². The van der Waals surface area contributed by atoms with E-state index in [2.05, 4.69) is 6.92 Å². The van der Waals surface area contributed by atoms with Crippen molar-refractivity contribution in [2.45, 2.75) is 18.7 Å². The predicted molar refractivity (Wildman–Crippen MR) is 63.7 cm³/mol. The molecule has 0 aliphatic rings. The molecule has 82 valence electrons. The van der Waals surface area contributed by atoms with Gasteiger partial charge in [0, 0.05) is 17.1 Å². The highest BCUT2D eigenvalue weighted by atomic mass is 32.2. The zero-order valence-corrected chi connectivity index (χ0v) is 9.97. The zero-order chi connectivity index (χ0) is 11.1. The molecule has 0 saturated heterocycles. The highest BCUT2D eigenvalue weighted by Gasteiger charge is 2.04. The van der Waals surface area contributed by atoms with Gasteiger partial charge in [0.1, 0.15) is 6.61 Å². The largest absolute Gasteiger partial charge is 0.374 e. The van der Waals surface area contributed by atoms with Crippen molar-refractivity contribution in [3.05, 3.63) is 29.8 Å². The van der Waals surface area contributed by atoms with E-state index in [9.17, 15) is 4.79 Å². The van der Waals surface area contributed by atoms with Crippen LogP contribution >= 0.6 is 11.8 Å². The molecule has 1 aromatic carbocycles. The van der Waals surface area contributed by atoms with E-state index in [1.54, 1.807) is 11.8 Å². The zero-order valence-electron chi connectivity index (χ0n) is 9.16. The van der Waals surface area contributed by atoms with E-state index in [4.69, 9.17) is 4.74 Å². The predicted octanol–water partition coefficient (Wildman–Crippen LogP) is 3.02. The SMILES string of the molecule is CCOCC(=O)c1ccc(SCC)cc1. The first-order valence-electron chi connectivity index (χ1n) is 5.11. The summed E-state index contributed by atoms with van der Waals surface area (Å²) in [5.41, 5.74) is 0.726. The Kier molecular flexibility index (Phi) is 5.43. The highest BCUT2D eigenvalue weighted by Crippen LogP contribution is 2.17. The van der Waals surface area contributed by atoms with Crippen molar-refractivity contribution in [3.8, 4) is 0 Å². The third-order valence-electron chi connectivity index (χ3n) is 1.92. The first kappa shape index (κ1) is 12.3. The molecule has 0 fully saturated rings. The monoisotopic (exact) mass is 224 g/mol. The van der Waals surface area contributed by atoms with Gasteiger partial charge in [-0.25, -0.2) is 0 Å². The lowest BCUT2D eigenvalue weighted by Crippen LogP contribution is -2.08. The lowest BCUT2D eigenvalue weighted by atomic mass is 10.1. The van der Waals surface area contributed by atoms with Gasteiger partial charge in [0.15, 0.2) is 5.78 Å². The van der Waals surface area contributed by atoms with Gasteiger partial charge in [-0.3, -0.25) is 4.79 Å². The minimum atomic E-state index is 0.0462. The number of benzene rings is 1. The van der Waals surface area contributed by atoms with Crippen molar-refractivity contribution in [2.75, 3.05) is 19.0 Å². The van der Waals surface area contributed by atoms with Gasteiger partial charge in [-0.1, -0.05) is 19.1 Å². The van der Waals surface area contributed by atoms with Crippen LogP contribution in [0.25, 0.3) is 0 Å². The van der Waals surface area contributed by atoms with Crippen LogP contribution in [0.5, 0.6) is 0 Å².